The molecule has 1 aromatic carbocycles. The van der Waals surface area contributed by atoms with Gasteiger partial charge in [-0.25, -0.2) is 0 Å². The van der Waals surface area contributed by atoms with E-state index >= 15 is 0 Å². The summed E-state index contributed by atoms with van der Waals surface area (Å²) in [5.74, 6) is 0. The van der Waals surface area contributed by atoms with Gasteiger partial charge in [-0.3, -0.25) is 15.0 Å². The maximum Gasteiger partial charge on any atom is 0.292 e. The number of hydrogen-bond acceptors (Lipinski definition) is 5. The van der Waals surface area contributed by atoms with Crippen LogP contribution in [0.25, 0.3) is 0 Å². The lowest BCUT2D eigenvalue weighted by Crippen LogP contribution is -2.26. The molecular weight excluding hydrogens is 258 g/mol. The van der Waals surface area contributed by atoms with Gasteiger partial charge in [0.05, 0.1) is 11.0 Å². The Kier molecular flexibility index (Phi) is 6.41. The number of benzene rings is 1. The van der Waals surface area contributed by atoms with E-state index in [0.29, 0.717) is 25.3 Å². The minimum atomic E-state index is -0.416. The highest BCUT2D eigenvalue weighted by Crippen LogP contribution is 2.26. The van der Waals surface area contributed by atoms with Crippen molar-refractivity contribution in [2.75, 3.05) is 25.5 Å². The fourth-order valence-electron chi connectivity index (χ4n) is 2.06. The first kappa shape index (κ1) is 16.4. The minimum Gasteiger partial charge on any atom is -0.392 e. The topological polar surface area (TPSA) is 78.6 Å². The molecule has 1 unspecified atom stereocenters. The third-order valence-electron chi connectivity index (χ3n) is 2.85. The first-order chi connectivity index (χ1) is 9.43. The average Bonchev–Trinajstić information content (AvgIpc) is 2.35. The van der Waals surface area contributed by atoms with Gasteiger partial charge in [-0.15, -0.1) is 0 Å². The summed E-state index contributed by atoms with van der Waals surface area (Å²) < 4.78 is 0. The van der Waals surface area contributed by atoms with Gasteiger partial charge in [-0.05, 0) is 32.0 Å². The largest absolute Gasteiger partial charge is 0.392 e. The van der Waals surface area contributed by atoms with Crippen molar-refractivity contribution in [3.05, 3.63) is 33.9 Å². The van der Waals surface area contributed by atoms with E-state index in [1.807, 2.05) is 24.9 Å². The van der Waals surface area contributed by atoms with Gasteiger partial charge in [0, 0.05) is 25.7 Å². The lowest BCUT2D eigenvalue weighted by molar-refractivity contribution is -0.384. The van der Waals surface area contributed by atoms with Crippen molar-refractivity contribution < 1.29 is 10.0 Å². The van der Waals surface area contributed by atoms with Gasteiger partial charge < -0.3 is 10.4 Å². The summed E-state index contributed by atoms with van der Waals surface area (Å²) >= 11 is 0. The van der Waals surface area contributed by atoms with Crippen LogP contribution in [-0.2, 0) is 6.54 Å². The number of anilines is 1. The lowest BCUT2D eigenvalue weighted by Gasteiger charge is -2.18. The molecule has 6 nitrogen and oxygen atoms in total. The van der Waals surface area contributed by atoms with E-state index in [9.17, 15) is 15.2 Å². The van der Waals surface area contributed by atoms with Crippen molar-refractivity contribution >= 4 is 11.4 Å². The molecular formula is C14H23N3O3. The molecule has 0 aliphatic heterocycles. The Balaban J connectivity index is 2.84. The Morgan fingerprint density at radius 3 is 2.75 bits per heavy atom. The lowest BCUT2D eigenvalue weighted by atomic mass is 10.1. The van der Waals surface area contributed by atoms with Gasteiger partial charge in [0.1, 0.15) is 5.69 Å². The SMILES string of the molecule is CCCNc1ccc(CN(C)CC(C)O)cc1[N+](=O)[O-]. The van der Waals surface area contributed by atoms with Crippen molar-refractivity contribution in [2.24, 2.45) is 0 Å². The van der Waals surface area contributed by atoms with Crippen LogP contribution in [0.5, 0.6) is 0 Å². The number of hydrogen-bond donors (Lipinski definition) is 2. The number of likely N-dealkylation sites (N-methyl/N-ethyl adjacent to an activating group) is 1. The zero-order valence-corrected chi connectivity index (χ0v) is 12.3. The van der Waals surface area contributed by atoms with Crippen LogP contribution in [0.4, 0.5) is 11.4 Å². The van der Waals surface area contributed by atoms with E-state index in [-0.39, 0.29) is 10.6 Å². The Morgan fingerprint density at radius 1 is 1.50 bits per heavy atom. The van der Waals surface area contributed by atoms with Crippen molar-refractivity contribution in [2.45, 2.75) is 32.9 Å². The first-order valence-electron chi connectivity index (χ1n) is 6.81. The molecule has 0 amide bonds. The third kappa shape index (κ3) is 5.14. The van der Waals surface area contributed by atoms with Gasteiger partial charge in [0.2, 0.25) is 0 Å². The van der Waals surface area contributed by atoms with Crippen LogP contribution in [0.1, 0.15) is 25.8 Å². The van der Waals surface area contributed by atoms with E-state index in [1.54, 1.807) is 19.1 Å². The molecule has 1 rings (SSSR count). The fourth-order valence-corrected chi connectivity index (χ4v) is 2.06. The molecule has 0 radical (unpaired) electrons. The number of nitrogens with zero attached hydrogens (tertiary/aromatic N) is 2. The summed E-state index contributed by atoms with van der Waals surface area (Å²) in [7, 11) is 1.88. The van der Waals surface area contributed by atoms with Crippen molar-refractivity contribution in [1.82, 2.24) is 4.90 Å². The third-order valence-corrected chi connectivity index (χ3v) is 2.85. The standard InChI is InChI=1S/C14H23N3O3/c1-4-7-15-13-6-5-12(8-14(13)17(19)20)10-16(3)9-11(2)18/h5-6,8,11,15,18H,4,7,9-10H2,1-3H3. The van der Waals surface area contributed by atoms with Gasteiger partial charge >= 0.3 is 0 Å². The fraction of sp³-hybridized carbons (Fsp3) is 0.571. The molecule has 0 heterocycles. The second-order valence-electron chi connectivity index (χ2n) is 5.08. The highest BCUT2D eigenvalue weighted by Gasteiger charge is 2.15. The number of rotatable bonds is 8. The second kappa shape index (κ2) is 7.81. The number of nitro benzene ring substituents is 1. The Bertz CT molecular complexity index is 449. The van der Waals surface area contributed by atoms with Crippen LogP contribution in [-0.4, -0.2) is 41.2 Å². The van der Waals surface area contributed by atoms with Crippen LogP contribution in [0.15, 0.2) is 18.2 Å². The van der Waals surface area contributed by atoms with Crippen LogP contribution in [0.3, 0.4) is 0 Å². The summed E-state index contributed by atoms with van der Waals surface area (Å²) in [4.78, 5) is 12.7. The summed E-state index contributed by atoms with van der Waals surface area (Å²) in [6.07, 6.45) is 0.497. The Hall–Kier alpha value is -1.66. The molecule has 112 valence electrons. The smallest absolute Gasteiger partial charge is 0.292 e. The number of aliphatic hydroxyl groups is 1. The summed E-state index contributed by atoms with van der Waals surface area (Å²) in [5, 5.41) is 23.5. The Morgan fingerprint density at radius 2 is 2.20 bits per heavy atom. The molecule has 0 saturated carbocycles. The van der Waals surface area contributed by atoms with Crippen molar-refractivity contribution in [3.63, 3.8) is 0 Å². The molecule has 6 heteroatoms. The first-order valence-corrected chi connectivity index (χ1v) is 6.81. The zero-order chi connectivity index (χ0) is 15.1. The van der Waals surface area contributed by atoms with Crippen molar-refractivity contribution in [3.8, 4) is 0 Å². The average molecular weight is 281 g/mol. The monoisotopic (exact) mass is 281 g/mol. The second-order valence-corrected chi connectivity index (χ2v) is 5.08. The predicted octanol–water partition coefficient (Wildman–Crippen LogP) is 2.23. The highest BCUT2D eigenvalue weighted by atomic mass is 16.6. The van der Waals surface area contributed by atoms with Crippen LogP contribution < -0.4 is 5.32 Å². The molecule has 1 aromatic rings. The van der Waals surface area contributed by atoms with E-state index in [1.165, 1.54) is 0 Å². The van der Waals surface area contributed by atoms with Gasteiger partial charge in [0.15, 0.2) is 0 Å². The summed E-state index contributed by atoms with van der Waals surface area (Å²) in [5.41, 5.74) is 1.52. The molecule has 20 heavy (non-hydrogen) atoms. The van der Waals surface area contributed by atoms with Crippen molar-refractivity contribution in [1.29, 1.82) is 0 Å². The maximum absolute atomic E-state index is 11.1. The summed E-state index contributed by atoms with van der Waals surface area (Å²) in [6, 6.07) is 5.22. The van der Waals surface area contributed by atoms with E-state index < -0.39 is 6.10 Å². The van der Waals surface area contributed by atoms with Gasteiger partial charge in [-0.2, -0.15) is 0 Å². The van der Waals surface area contributed by atoms with E-state index in [4.69, 9.17) is 0 Å². The molecule has 0 aromatic heterocycles. The van der Waals surface area contributed by atoms with Crippen LogP contribution >= 0.6 is 0 Å². The molecule has 2 N–H and O–H groups in total. The molecule has 0 bridgehead atoms. The molecule has 0 saturated heterocycles. The van der Waals surface area contributed by atoms with E-state index in [2.05, 4.69) is 5.32 Å². The molecule has 1 atom stereocenters. The molecule has 0 aliphatic carbocycles. The zero-order valence-electron chi connectivity index (χ0n) is 12.3. The van der Waals surface area contributed by atoms with Gasteiger partial charge in [-0.1, -0.05) is 13.0 Å². The van der Waals surface area contributed by atoms with Crippen LogP contribution in [0, 0.1) is 10.1 Å². The van der Waals surface area contributed by atoms with E-state index in [0.717, 1.165) is 12.0 Å². The quantitative estimate of drug-likeness (QED) is 0.564. The summed E-state index contributed by atoms with van der Waals surface area (Å²) in [6.45, 7) is 5.54. The number of aliphatic hydroxyl groups excluding tert-OH is 1. The predicted molar refractivity (Wildman–Crippen MR) is 79.9 cm³/mol. The molecule has 0 spiro atoms. The maximum atomic E-state index is 11.1. The normalized spacial score (nSPS) is 12.4. The Labute approximate surface area is 119 Å². The van der Waals surface area contributed by atoms with Crippen LogP contribution in [0.2, 0.25) is 0 Å². The number of nitrogens with one attached hydrogen (secondary N) is 1. The minimum absolute atomic E-state index is 0.0985. The van der Waals surface area contributed by atoms with Gasteiger partial charge in [0.25, 0.3) is 5.69 Å². The molecule has 0 fully saturated rings. The molecule has 0 aliphatic rings. The highest BCUT2D eigenvalue weighted by molar-refractivity contribution is 5.62. The number of nitro groups is 1.